The molecule has 3 nitrogen and oxygen atoms in total. The Morgan fingerprint density at radius 1 is 1.12 bits per heavy atom. The van der Waals surface area contributed by atoms with Gasteiger partial charge in [-0.05, 0) is 42.0 Å². The lowest BCUT2D eigenvalue weighted by Crippen LogP contribution is -2.43. The predicted molar refractivity (Wildman–Crippen MR) is 91.1 cm³/mol. The van der Waals surface area contributed by atoms with E-state index in [4.69, 9.17) is 9.47 Å². The monoisotopic (exact) mass is 391 g/mol. The van der Waals surface area contributed by atoms with Crippen LogP contribution in [0.3, 0.4) is 0 Å². The topological polar surface area (TPSA) is 30.5 Å². The van der Waals surface area contributed by atoms with Gasteiger partial charge in [0.1, 0.15) is 17.7 Å². The zero-order valence-electron chi connectivity index (χ0n) is 13.6. The Kier molecular flexibility index (Phi) is 6.86. The molecule has 1 N–H and O–H groups in total. The van der Waals surface area contributed by atoms with E-state index in [2.05, 4.69) is 5.32 Å². The van der Waals surface area contributed by atoms with Crippen molar-refractivity contribution in [2.24, 2.45) is 0 Å². The van der Waals surface area contributed by atoms with E-state index in [1.807, 2.05) is 0 Å². The summed E-state index contributed by atoms with van der Waals surface area (Å²) in [7, 11) is 0. The first-order valence-corrected chi connectivity index (χ1v) is 7.85. The Bertz CT molecular complexity index is 703. The molecule has 8 heteroatoms. The van der Waals surface area contributed by atoms with Gasteiger partial charge in [0.25, 0.3) is 0 Å². The Morgan fingerprint density at radius 3 is 2.42 bits per heavy atom. The zero-order chi connectivity index (χ0) is 17.9. The highest BCUT2D eigenvalue weighted by molar-refractivity contribution is 5.85. The molecular weight excluding hydrogens is 374 g/mol. The summed E-state index contributed by atoms with van der Waals surface area (Å²) in [6.07, 6.45) is -5.42. The first-order valence-electron chi connectivity index (χ1n) is 7.85. The van der Waals surface area contributed by atoms with Crippen LogP contribution in [-0.2, 0) is 10.9 Å². The molecule has 2 aromatic rings. The lowest BCUT2D eigenvalue weighted by molar-refractivity contribution is -0.137. The predicted octanol–water partition coefficient (Wildman–Crippen LogP) is 4.37. The van der Waals surface area contributed by atoms with Crippen molar-refractivity contribution >= 4 is 12.4 Å². The Balaban J connectivity index is 0.00000243. The molecule has 26 heavy (non-hydrogen) atoms. The second kappa shape index (κ2) is 8.70. The molecule has 2 atom stereocenters. The average molecular weight is 392 g/mol. The van der Waals surface area contributed by atoms with Crippen LogP contribution >= 0.6 is 12.4 Å². The van der Waals surface area contributed by atoms with E-state index < -0.39 is 23.7 Å². The van der Waals surface area contributed by atoms with Crippen LogP contribution in [0.2, 0.25) is 0 Å². The van der Waals surface area contributed by atoms with Gasteiger partial charge in [0.15, 0.2) is 6.10 Å². The van der Waals surface area contributed by atoms with Crippen molar-refractivity contribution < 1.29 is 27.0 Å². The van der Waals surface area contributed by atoms with E-state index in [0.717, 1.165) is 12.1 Å². The van der Waals surface area contributed by atoms with Crippen LogP contribution in [0.15, 0.2) is 48.5 Å². The molecule has 0 amide bonds. The van der Waals surface area contributed by atoms with Gasteiger partial charge < -0.3 is 14.8 Å². The van der Waals surface area contributed by atoms with Crippen LogP contribution < -0.4 is 10.1 Å². The fourth-order valence-electron chi connectivity index (χ4n) is 2.69. The van der Waals surface area contributed by atoms with Crippen LogP contribution in [0, 0.1) is 5.82 Å². The molecule has 1 heterocycles. The minimum atomic E-state index is -4.41. The van der Waals surface area contributed by atoms with E-state index in [9.17, 15) is 17.6 Å². The second-order valence-electron chi connectivity index (χ2n) is 5.73. The normalized spacial score (nSPS) is 18.7. The number of hydrogen-bond acceptors (Lipinski definition) is 3. The van der Waals surface area contributed by atoms with Crippen LogP contribution in [0.5, 0.6) is 5.75 Å². The molecule has 0 bridgehead atoms. The highest BCUT2D eigenvalue weighted by Gasteiger charge is 2.31. The summed E-state index contributed by atoms with van der Waals surface area (Å²) in [6, 6.07) is 10.3. The first-order chi connectivity index (χ1) is 11.9. The highest BCUT2D eigenvalue weighted by Crippen LogP contribution is 2.32. The third-order valence-corrected chi connectivity index (χ3v) is 3.92. The lowest BCUT2D eigenvalue weighted by atomic mass is 10.0. The van der Waals surface area contributed by atoms with Crippen LogP contribution in [0.4, 0.5) is 17.6 Å². The van der Waals surface area contributed by atoms with Crippen LogP contribution in [-0.4, -0.2) is 25.8 Å². The van der Waals surface area contributed by atoms with Gasteiger partial charge >= 0.3 is 6.18 Å². The van der Waals surface area contributed by atoms with E-state index in [1.54, 1.807) is 12.1 Å². The third-order valence-electron chi connectivity index (χ3n) is 3.92. The Labute approximate surface area is 154 Å². The fourth-order valence-corrected chi connectivity index (χ4v) is 2.69. The minimum Gasteiger partial charge on any atom is -0.483 e. The Hall–Kier alpha value is -1.83. The van der Waals surface area contributed by atoms with E-state index in [1.165, 1.54) is 24.3 Å². The van der Waals surface area contributed by atoms with Gasteiger partial charge in [0.2, 0.25) is 0 Å². The number of benzene rings is 2. The summed E-state index contributed by atoms with van der Waals surface area (Å²) in [6.45, 7) is 1.68. The summed E-state index contributed by atoms with van der Waals surface area (Å²) in [5, 5.41) is 3.17. The van der Waals surface area contributed by atoms with E-state index in [0.29, 0.717) is 25.3 Å². The molecule has 1 aliphatic heterocycles. The summed E-state index contributed by atoms with van der Waals surface area (Å²) >= 11 is 0. The fraction of sp³-hybridized carbons (Fsp3) is 0.333. The summed E-state index contributed by atoms with van der Waals surface area (Å²) < 4.78 is 63.2. The first kappa shape index (κ1) is 20.5. The molecule has 0 unspecified atom stereocenters. The summed E-state index contributed by atoms with van der Waals surface area (Å²) in [5.41, 5.74) is -0.189. The number of rotatable bonds is 4. The highest BCUT2D eigenvalue weighted by atomic mass is 35.5. The van der Waals surface area contributed by atoms with E-state index in [-0.39, 0.29) is 24.3 Å². The maximum absolute atomic E-state index is 13.6. The Morgan fingerprint density at radius 2 is 1.85 bits per heavy atom. The van der Waals surface area contributed by atoms with Gasteiger partial charge in [0, 0.05) is 13.1 Å². The van der Waals surface area contributed by atoms with Gasteiger partial charge in [-0.3, -0.25) is 0 Å². The van der Waals surface area contributed by atoms with Gasteiger partial charge in [-0.15, -0.1) is 12.4 Å². The van der Waals surface area contributed by atoms with Gasteiger partial charge in [-0.25, -0.2) is 4.39 Å². The van der Waals surface area contributed by atoms with E-state index >= 15 is 0 Å². The van der Waals surface area contributed by atoms with Crippen molar-refractivity contribution in [3.8, 4) is 5.75 Å². The minimum absolute atomic E-state index is 0. The van der Waals surface area contributed by atoms with Crippen LogP contribution in [0.1, 0.15) is 17.2 Å². The number of halogens is 5. The molecule has 3 rings (SSSR count). The number of nitrogens with one attached hydrogen (secondary N) is 1. The number of ether oxygens (including phenoxy) is 2. The van der Waals surface area contributed by atoms with Crippen molar-refractivity contribution in [2.45, 2.75) is 18.4 Å². The smallest absolute Gasteiger partial charge is 0.416 e. The molecule has 0 aliphatic carbocycles. The summed E-state index contributed by atoms with van der Waals surface area (Å²) in [5.74, 6) is -0.154. The standard InChI is InChI=1S/C18H17F4NO2.ClH/c19-14-3-1-2-12(10-14)17(16-11-23-8-9-24-16)25-15-6-4-13(5-7-15)18(20,21)22;/h1-7,10,16-17,23H,8-9,11H2;1H/t16-,17-;/m0./s1. The molecule has 1 fully saturated rings. The van der Waals surface area contributed by atoms with Crippen molar-refractivity contribution in [2.75, 3.05) is 19.7 Å². The van der Waals surface area contributed by atoms with Crippen molar-refractivity contribution in [3.05, 3.63) is 65.5 Å². The van der Waals surface area contributed by atoms with Gasteiger partial charge in [-0.1, -0.05) is 12.1 Å². The largest absolute Gasteiger partial charge is 0.483 e. The molecule has 0 saturated carbocycles. The molecule has 142 valence electrons. The van der Waals surface area contributed by atoms with Crippen LogP contribution in [0.25, 0.3) is 0 Å². The molecule has 0 radical (unpaired) electrons. The molecule has 2 aromatic carbocycles. The zero-order valence-corrected chi connectivity index (χ0v) is 14.4. The molecular formula is C18H18ClF4NO2. The number of alkyl halides is 3. The molecule has 0 aromatic heterocycles. The quantitative estimate of drug-likeness (QED) is 0.785. The van der Waals surface area contributed by atoms with Crippen molar-refractivity contribution in [3.63, 3.8) is 0 Å². The van der Waals surface area contributed by atoms with Crippen molar-refractivity contribution in [1.82, 2.24) is 5.32 Å². The average Bonchev–Trinajstić information content (AvgIpc) is 2.60. The molecule has 1 aliphatic rings. The maximum atomic E-state index is 13.6. The third kappa shape index (κ3) is 5.09. The van der Waals surface area contributed by atoms with Gasteiger partial charge in [-0.2, -0.15) is 13.2 Å². The van der Waals surface area contributed by atoms with Crippen molar-refractivity contribution in [1.29, 1.82) is 0 Å². The second-order valence-corrected chi connectivity index (χ2v) is 5.73. The summed E-state index contributed by atoms with van der Waals surface area (Å²) in [4.78, 5) is 0. The lowest BCUT2D eigenvalue weighted by Gasteiger charge is -2.31. The number of hydrogen-bond donors (Lipinski definition) is 1. The molecule has 1 saturated heterocycles. The van der Waals surface area contributed by atoms with Gasteiger partial charge in [0.05, 0.1) is 12.2 Å². The SMILES string of the molecule is Cl.Fc1cccc([C@H](Oc2ccc(C(F)(F)F)cc2)[C@@H]2CNCCO2)c1. The maximum Gasteiger partial charge on any atom is 0.416 e. The number of morpholine rings is 1. The molecule has 0 spiro atoms.